The zero-order chi connectivity index (χ0) is 45.2. The monoisotopic (exact) mass is 860 g/mol. The third kappa shape index (κ3) is 13.6. The Morgan fingerprint density at radius 3 is 2.06 bits per heavy atom. The highest BCUT2D eigenvalue weighted by molar-refractivity contribution is 6.48. The van der Waals surface area contributed by atoms with Gasteiger partial charge in [-0.05, 0) is 80.5 Å². The largest absolute Gasteiger partial charge is 0.482 e. The number of rotatable bonds is 25. The van der Waals surface area contributed by atoms with Crippen molar-refractivity contribution in [3.05, 3.63) is 131 Å². The van der Waals surface area contributed by atoms with Crippen LogP contribution < -0.4 is 16.0 Å². The molecule has 3 N–H and O–H groups in total. The van der Waals surface area contributed by atoms with Gasteiger partial charge in [-0.2, -0.15) is 0 Å². The highest BCUT2D eigenvalue weighted by Gasteiger charge is 2.60. The number of nitrogens with one attached hydrogen (secondary N) is 3. The zero-order valence-corrected chi connectivity index (χ0v) is 37.9. The Morgan fingerprint density at radius 1 is 0.778 bits per heavy atom. The minimum absolute atomic E-state index is 0.0881. The van der Waals surface area contributed by atoms with Gasteiger partial charge < -0.3 is 30.0 Å². The van der Waals surface area contributed by atoms with Crippen molar-refractivity contribution >= 4 is 30.6 Å². The second-order valence-electron chi connectivity index (χ2n) is 17.2. The van der Waals surface area contributed by atoms with Crippen LogP contribution >= 0.6 is 0 Å². The molecule has 0 radical (unpaired) electrons. The van der Waals surface area contributed by atoms with Crippen LogP contribution in [0.4, 0.5) is 0 Å². The first-order valence-electron chi connectivity index (χ1n) is 22.7. The number of ether oxygens (including phenoxy) is 1. The number of unbranched alkanes of at least 4 members (excludes halogenated alkanes) is 1. The lowest BCUT2D eigenvalue weighted by Gasteiger charge is -2.40. The smallest absolute Gasteiger partial charge is 0.397 e. The maximum absolute atomic E-state index is 14.3. The van der Waals surface area contributed by atoms with Gasteiger partial charge >= 0.3 is 7.12 Å². The standard InChI is InChI=1S/C50H66BN5O7/c1-7-30-61-31-16-15-21-44(57)39(8-2)24-27-46(58)54-34-38-22-25-41(26-23-38)50(6)49(5,40-19-13-10-14-20-40)62-51(63-50)45(32-36(3)4)56-47(59)42(33-37-17-11-9-12-18-37)55-48(60)43-35-52-28-29-53-43/h9-14,17-20,22-23,25-26,28-29,35-36,39,42,45H,7-8,15-16,21,24,27,30-34H2,1-6H3,(H,54,58)(H,55,60)(H,56,59). The highest BCUT2D eigenvalue weighted by Crippen LogP contribution is 2.52. The van der Waals surface area contributed by atoms with Gasteiger partial charge in [-0.3, -0.25) is 24.2 Å². The van der Waals surface area contributed by atoms with Crippen molar-refractivity contribution < 1.29 is 33.2 Å². The van der Waals surface area contributed by atoms with E-state index in [1.54, 1.807) is 0 Å². The number of amides is 3. The quantitative estimate of drug-likeness (QED) is 0.0446. The molecule has 1 aromatic heterocycles. The summed E-state index contributed by atoms with van der Waals surface area (Å²) in [6, 6.07) is 26.5. The molecule has 0 saturated carbocycles. The summed E-state index contributed by atoms with van der Waals surface area (Å²) in [6.45, 7) is 14.0. The molecular formula is C50H66BN5O7. The third-order valence-electron chi connectivity index (χ3n) is 12.0. The first-order valence-corrected chi connectivity index (χ1v) is 22.7. The van der Waals surface area contributed by atoms with Crippen LogP contribution in [-0.4, -0.2) is 65.8 Å². The lowest BCUT2D eigenvalue weighted by Crippen LogP contribution is -2.55. The van der Waals surface area contributed by atoms with E-state index in [0.717, 1.165) is 54.5 Å². The normalized spacial score (nSPS) is 18.7. The Balaban J connectivity index is 1.29. The van der Waals surface area contributed by atoms with Gasteiger partial charge in [0.15, 0.2) is 0 Å². The predicted octanol–water partition coefficient (Wildman–Crippen LogP) is 7.84. The average molecular weight is 860 g/mol. The van der Waals surface area contributed by atoms with Gasteiger partial charge in [-0.25, -0.2) is 4.98 Å². The summed E-state index contributed by atoms with van der Waals surface area (Å²) in [5.74, 6) is -1.30. The number of carbonyl (C=O) groups is 4. The highest BCUT2D eigenvalue weighted by atomic mass is 16.7. The molecule has 13 heteroatoms. The summed E-state index contributed by atoms with van der Waals surface area (Å²) >= 11 is 0. The van der Waals surface area contributed by atoms with Crippen molar-refractivity contribution in [2.75, 3.05) is 13.2 Å². The summed E-state index contributed by atoms with van der Waals surface area (Å²) in [5, 5.41) is 9.15. The maximum atomic E-state index is 14.3. The zero-order valence-electron chi connectivity index (χ0n) is 37.9. The first-order chi connectivity index (χ1) is 30.4. The Hall–Kier alpha value is -5.24. The molecule has 3 amide bonds. The summed E-state index contributed by atoms with van der Waals surface area (Å²) in [5.41, 5.74) is 1.66. The number of carbonyl (C=O) groups excluding carboxylic acids is 4. The van der Waals surface area contributed by atoms with Crippen LogP contribution in [0.15, 0.2) is 104 Å². The molecule has 63 heavy (non-hydrogen) atoms. The van der Waals surface area contributed by atoms with Gasteiger partial charge in [-0.1, -0.05) is 113 Å². The molecule has 0 bridgehead atoms. The summed E-state index contributed by atoms with van der Waals surface area (Å²) < 4.78 is 19.6. The van der Waals surface area contributed by atoms with E-state index in [1.165, 1.54) is 18.6 Å². The molecule has 12 nitrogen and oxygen atoms in total. The van der Waals surface area contributed by atoms with Crippen LogP contribution in [0, 0.1) is 11.8 Å². The molecule has 1 fully saturated rings. The fourth-order valence-electron chi connectivity index (χ4n) is 8.14. The Bertz CT molecular complexity index is 2040. The number of hydrogen-bond acceptors (Lipinski definition) is 9. The second kappa shape index (κ2) is 24.0. The van der Waals surface area contributed by atoms with E-state index in [9.17, 15) is 19.2 Å². The van der Waals surface area contributed by atoms with E-state index in [-0.39, 0.29) is 48.0 Å². The Kier molecular flexibility index (Phi) is 18.6. The van der Waals surface area contributed by atoms with Gasteiger partial charge in [-0.15, -0.1) is 0 Å². The van der Waals surface area contributed by atoms with E-state index in [2.05, 4.69) is 46.7 Å². The van der Waals surface area contributed by atoms with E-state index in [4.69, 9.17) is 14.0 Å². The minimum atomic E-state index is -1.02. The molecular weight excluding hydrogens is 793 g/mol. The van der Waals surface area contributed by atoms with Crippen LogP contribution in [-0.2, 0) is 52.6 Å². The van der Waals surface area contributed by atoms with Crippen LogP contribution in [0.1, 0.15) is 126 Å². The Morgan fingerprint density at radius 2 is 1.44 bits per heavy atom. The first kappa shape index (κ1) is 48.8. The van der Waals surface area contributed by atoms with Gasteiger partial charge in [0.1, 0.15) is 28.7 Å². The fourth-order valence-corrected chi connectivity index (χ4v) is 8.14. The van der Waals surface area contributed by atoms with Gasteiger partial charge in [0.05, 0.1) is 12.1 Å². The van der Waals surface area contributed by atoms with Gasteiger partial charge in [0.2, 0.25) is 11.8 Å². The molecule has 5 atom stereocenters. The average Bonchev–Trinajstić information content (AvgIpc) is 3.58. The van der Waals surface area contributed by atoms with Crippen molar-refractivity contribution in [1.29, 1.82) is 0 Å². The number of ketones is 1. The fraction of sp³-hybridized carbons (Fsp3) is 0.480. The molecule has 4 aromatic rings. The van der Waals surface area contributed by atoms with Crippen molar-refractivity contribution in [3.63, 3.8) is 0 Å². The van der Waals surface area contributed by atoms with Gasteiger partial charge in [0.25, 0.3) is 5.91 Å². The number of hydrogen-bond donors (Lipinski definition) is 3. The van der Waals surface area contributed by atoms with Crippen LogP contribution in [0.2, 0.25) is 0 Å². The van der Waals surface area contributed by atoms with E-state index < -0.39 is 36.2 Å². The molecule has 5 unspecified atom stereocenters. The molecule has 5 rings (SSSR count). The second-order valence-corrected chi connectivity index (χ2v) is 17.2. The lowest BCUT2D eigenvalue weighted by molar-refractivity contribution is -0.125. The van der Waals surface area contributed by atoms with Crippen molar-refractivity contribution in [2.45, 2.75) is 129 Å². The molecule has 336 valence electrons. The predicted molar refractivity (Wildman–Crippen MR) is 245 cm³/mol. The van der Waals surface area contributed by atoms with Crippen molar-refractivity contribution in [3.8, 4) is 0 Å². The topological polar surface area (TPSA) is 158 Å². The maximum Gasteiger partial charge on any atom is 0.482 e. The van der Waals surface area contributed by atoms with E-state index in [1.807, 2.05) is 106 Å². The summed E-state index contributed by atoms with van der Waals surface area (Å²) in [4.78, 5) is 61.6. The minimum Gasteiger partial charge on any atom is -0.397 e. The molecule has 3 aromatic carbocycles. The molecule has 1 aliphatic heterocycles. The molecule has 0 aliphatic carbocycles. The SMILES string of the molecule is CCCOCCCCC(=O)C(CC)CCC(=O)NCc1ccc(C2(C)OB(C(CC(C)C)NC(=O)C(Cc3ccccc3)NC(=O)c3cnccn3)OC2(C)c2ccccc2)cc1. The van der Waals surface area contributed by atoms with E-state index >= 15 is 0 Å². The molecule has 2 heterocycles. The molecule has 1 saturated heterocycles. The van der Waals surface area contributed by atoms with Crippen LogP contribution in [0.3, 0.4) is 0 Å². The van der Waals surface area contributed by atoms with Crippen LogP contribution in [0.25, 0.3) is 0 Å². The van der Waals surface area contributed by atoms with Gasteiger partial charge in [0, 0.05) is 57.3 Å². The number of aromatic nitrogens is 2. The van der Waals surface area contributed by atoms with E-state index in [0.29, 0.717) is 32.4 Å². The summed E-state index contributed by atoms with van der Waals surface area (Å²) in [6.07, 6.45) is 9.80. The lowest BCUT2D eigenvalue weighted by atomic mass is 9.73. The summed E-state index contributed by atoms with van der Waals surface area (Å²) in [7, 11) is -0.864. The Labute approximate surface area is 374 Å². The van der Waals surface area contributed by atoms with Crippen molar-refractivity contribution in [1.82, 2.24) is 25.9 Å². The third-order valence-corrected chi connectivity index (χ3v) is 12.0. The molecule has 0 spiro atoms. The number of benzene rings is 3. The molecule has 1 aliphatic rings. The number of nitrogens with zero attached hydrogens (tertiary/aromatic N) is 2. The van der Waals surface area contributed by atoms with Crippen molar-refractivity contribution in [2.24, 2.45) is 11.8 Å². The number of Topliss-reactive ketones (excluding diaryl/α,β-unsaturated/α-hetero) is 1. The van der Waals surface area contributed by atoms with Crippen LogP contribution in [0.5, 0.6) is 0 Å².